The predicted octanol–water partition coefficient (Wildman–Crippen LogP) is 5.43. The van der Waals surface area contributed by atoms with E-state index in [9.17, 15) is 0 Å². The monoisotopic (exact) mass is 793 g/mol. The molecule has 8 aromatic carbocycles. The molecule has 61 heavy (non-hydrogen) atoms. The lowest BCUT2D eigenvalue weighted by atomic mass is 9.59. The van der Waals surface area contributed by atoms with Crippen molar-refractivity contribution in [2.24, 2.45) is 0 Å². The number of aromatic nitrogens is 3. The highest BCUT2D eigenvalue weighted by Gasteiger charge is 2.19. The van der Waals surface area contributed by atoms with Crippen LogP contribution in [0.3, 0.4) is 0 Å². The summed E-state index contributed by atoms with van der Waals surface area (Å²) in [7, 11) is 11.2. The van der Waals surface area contributed by atoms with E-state index in [2.05, 4.69) is 173 Å². The van der Waals surface area contributed by atoms with Crippen LogP contribution in [-0.4, -0.2) is 54.2 Å². The Labute approximate surface area is 362 Å². The van der Waals surface area contributed by atoms with E-state index in [1.54, 1.807) is 11.3 Å². The molecule has 0 atom stereocenters. The fourth-order valence-electron chi connectivity index (χ4n) is 9.03. The number of nitrogens with zero attached hydrogens (tertiary/aromatic N) is 3. The van der Waals surface area contributed by atoms with Gasteiger partial charge in [-0.25, -0.2) is 15.0 Å². The minimum Gasteiger partial charge on any atom is -0.455 e. The Morgan fingerprint density at radius 1 is 0.377 bits per heavy atom. The lowest BCUT2D eigenvalue weighted by Gasteiger charge is -2.20. The molecule has 0 bridgehead atoms. The average molecular weight is 793 g/mol. The van der Waals surface area contributed by atoms with Gasteiger partial charge in [-0.05, 0) is 58.1 Å². The van der Waals surface area contributed by atoms with Crippen molar-refractivity contribution in [3.8, 4) is 67.5 Å². The number of furan rings is 1. The number of thiophene rings is 1. The first kappa shape index (κ1) is 37.1. The molecule has 0 amide bonds. The molecule has 0 aliphatic heterocycles. The molecule has 11 rings (SSSR count). The Morgan fingerprint density at radius 2 is 0.918 bits per heavy atom. The zero-order valence-corrected chi connectivity index (χ0v) is 35.5. The van der Waals surface area contributed by atoms with Crippen molar-refractivity contribution in [3.63, 3.8) is 0 Å². The van der Waals surface area contributed by atoms with Gasteiger partial charge >= 0.3 is 0 Å². The second-order valence-electron chi connectivity index (χ2n) is 16.1. The van der Waals surface area contributed by atoms with Crippen LogP contribution in [0.25, 0.3) is 110 Å². The quantitative estimate of drug-likeness (QED) is 0.211. The lowest BCUT2D eigenvalue weighted by Crippen LogP contribution is -2.55. The van der Waals surface area contributed by atoms with Crippen LogP contribution in [0.2, 0.25) is 0 Å². The maximum atomic E-state index is 6.65. The van der Waals surface area contributed by atoms with Crippen molar-refractivity contribution < 1.29 is 4.42 Å². The molecule has 4 nitrogen and oxygen atoms in total. The summed E-state index contributed by atoms with van der Waals surface area (Å²) in [5, 5.41) is 4.52. The van der Waals surface area contributed by atoms with E-state index in [1.807, 2.05) is 24.3 Å². The van der Waals surface area contributed by atoms with E-state index in [1.165, 1.54) is 69.7 Å². The number of hydrogen-bond donors (Lipinski definition) is 0. The molecule has 0 unspecified atom stereocenters. The Morgan fingerprint density at radius 3 is 1.64 bits per heavy atom. The van der Waals surface area contributed by atoms with Crippen LogP contribution >= 0.6 is 11.3 Å². The summed E-state index contributed by atoms with van der Waals surface area (Å²) >= 11 is 1.78. The van der Waals surface area contributed by atoms with Gasteiger partial charge in [0.1, 0.15) is 50.4 Å². The van der Waals surface area contributed by atoms with Crippen LogP contribution in [0.4, 0.5) is 0 Å². The molecule has 0 aliphatic rings. The molecular formula is C51H36B5N3OS. The summed E-state index contributed by atoms with van der Waals surface area (Å²) < 4.78 is 9.07. The van der Waals surface area contributed by atoms with Crippen molar-refractivity contribution >= 4 is 120 Å². The van der Waals surface area contributed by atoms with E-state index < -0.39 is 0 Å². The molecular weight excluding hydrogens is 757 g/mol. The van der Waals surface area contributed by atoms with Gasteiger partial charge in [0.15, 0.2) is 17.5 Å². The second kappa shape index (κ2) is 14.7. The number of hydrogen-bond acceptors (Lipinski definition) is 5. The Kier molecular flexibility index (Phi) is 8.94. The third kappa shape index (κ3) is 6.24. The molecule has 0 saturated carbocycles. The fourth-order valence-corrected chi connectivity index (χ4v) is 10.2. The first-order valence-corrected chi connectivity index (χ1v) is 21.6. The highest BCUT2D eigenvalue weighted by atomic mass is 32.1. The Hall–Kier alpha value is -6.89. The Bertz CT molecular complexity index is 3500. The molecule has 10 heteroatoms. The highest BCUT2D eigenvalue weighted by Crippen LogP contribution is 2.41. The first-order chi connectivity index (χ1) is 29.8. The van der Waals surface area contributed by atoms with Crippen LogP contribution < -0.4 is 27.3 Å². The smallest absolute Gasteiger partial charge is 0.165 e. The topological polar surface area (TPSA) is 51.8 Å². The third-order valence-electron chi connectivity index (χ3n) is 12.8. The average Bonchev–Trinajstić information content (AvgIpc) is 3.89. The summed E-state index contributed by atoms with van der Waals surface area (Å²) in [6.45, 7) is 0. The minimum atomic E-state index is 0.618. The highest BCUT2D eigenvalue weighted by molar-refractivity contribution is 7.26. The summed E-state index contributed by atoms with van der Waals surface area (Å²) in [5.41, 5.74) is 18.5. The number of fused-ring (bicyclic) bond motifs is 6. The largest absolute Gasteiger partial charge is 0.455 e. The van der Waals surface area contributed by atoms with Crippen LogP contribution in [0.1, 0.15) is 0 Å². The van der Waals surface area contributed by atoms with E-state index in [0.29, 0.717) is 17.5 Å². The van der Waals surface area contributed by atoms with Gasteiger partial charge in [-0.1, -0.05) is 138 Å². The van der Waals surface area contributed by atoms with E-state index in [-0.39, 0.29) is 0 Å². The summed E-state index contributed by atoms with van der Waals surface area (Å²) in [6.07, 6.45) is 0. The molecule has 0 N–H and O–H groups in total. The molecule has 0 radical (unpaired) electrons. The summed E-state index contributed by atoms with van der Waals surface area (Å²) in [6, 6.07) is 55.6. The SMILES string of the molecule is Bc1c(B)c(B)c(-c2ccc(-c3ccc(-c4cccc5c4oc4ccc(-c6nc(-c7ccccc7)nc(-c7cccc8c7sc7ccccc78)n6)cc45)cc3)cc2)c(B)c1B. The molecule has 282 valence electrons. The van der Waals surface area contributed by atoms with Crippen molar-refractivity contribution in [3.05, 3.63) is 158 Å². The fraction of sp³-hybridized carbons (Fsp3) is 0. The van der Waals surface area contributed by atoms with E-state index in [4.69, 9.17) is 19.4 Å². The van der Waals surface area contributed by atoms with Crippen molar-refractivity contribution in [1.82, 2.24) is 15.0 Å². The minimum absolute atomic E-state index is 0.618. The van der Waals surface area contributed by atoms with Gasteiger partial charge in [-0.3, -0.25) is 0 Å². The Balaban J connectivity index is 0.958. The summed E-state index contributed by atoms with van der Waals surface area (Å²) in [5.74, 6) is 1.91. The van der Waals surface area contributed by atoms with Crippen LogP contribution in [0.5, 0.6) is 0 Å². The standard InChI is InChI=1S/C51H36B5N3OS/c52-42-41(43(53)45(55)46(56)44(42)54)30-22-18-28(19-23-30)27-16-20-29(21-17-27)33-11-6-12-35-38-26-32(24-25-39(38)60-47(33)35)50-57-49(31-8-2-1-3-9-31)58-51(59-50)37-14-7-13-36-34-10-4-5-15-40(34)61-48(36)37/h1-26H,52-56H2. The normalized spacial score (nSPS) is 11.6. The zero-order chi connectivity index (χ0) is 41.4. The molecule has 11 aromatic rings. The van der Waals surface area contributed by atoms with Gasteiger partial charge in [-0.2, -0.15) is 0 Å². The zero-order valence-electron chi connectivity index (χ0n) is 34.7. The molecule has 3 heterocycles. The first-order valence-electron chi connectivity index (χ1n) is 20.8. The van der Waals surface area contributed by atoms with Crippen LogP contribution in [0, 0.1) is 0 Å². The van der Waals surface area contributed by atoms with Gasteiger partial charge in [-0.15, -0.1) is 27.7 Å². The van der Waals surface area contributed by atoms with Gasteiger partial charge < -0.3 is 4.42 Å². The lowest BCUT2D eigenvalue weighted by molar-refractivity contribution is 0.670. The molecule has 3 aromatic heterocycles. The summed E-state index contributed by atoms with van der Waals surface area (Å²) in [4.78, 5) is 15.4. The van der Waals surface area contributed by atoms with Crippen LogP contribution in [-0.2, 0) is 0 Å². The molecule has 0 fully saturated rings. The molecule has 0 aliphatic carbocycles. The number of rotatable bonds is 6. The maximum absolute atomic E-state index is 6.65. The van der Waals surface area contributed by atoms with Gasteiger partial charge in [0.2, 0.25) is 0 Å². The van der Waals surface area contributed by atoms with Crippen molar-refractivity contribution in [2.75, 3.05) is 0 Å². The van der Waals surface area contributed by atoms with E-state index >= 15 is 0 Å². The van der Waals surface area contributed by atoms with Gasteiger partial charge in [0.25, 0.3) is 0 Å². The second-order valence-corrected chi connectivity index (χ2v) is 17.2. The van der Waals surface area contributed by atoms with Gasteiger partial charge in [0, 0.05) is 53.2 Å². The van der Waals surface area contributed by atoms with E-state index in [0.717, 1.165) is 49.8 Å². The van der Waals surface area contributed by atoms with Crippen molar-refractivity contribution in [1.29, 1.82) is 0 Å². The number of benzene rings is 8. The number of para-hydroxylation sites is 1. The molecule has 0 spiro atoms. The van der Waals surface area contributed by atoms with Crippen molar-refractivity contribution in [2.45, 2.75) is 0 Å². The predicted molar refractivity (Wildman–Crippen MR) is 273 cm³/mol. The van der Waals surface area contributed by atoms with Gasteiger partial charge in [0.05, 0.1) is 0 Å². The molecule has 0 saturated heterocycles. The maximum Gasteiger partial charge on any atom is 0.165 e. The van der Waals surface area contributed by atoms with Crippen LogP contribution in [0.15, 0.2) is 162 Å². The third-order valence-corrected chi connectivity index (χ3v) is 14.0.